The monoisotopic (exact) mass is 670 g/mol. The van der Waals surface area contributed by atoms with Gasteiger partial charge in [-0.1, -0.05) is 28.6 Å². The Morgan fingerprint density at radius 2 is 1.85 bits per heavy atom. The van der Waals surface area contributed by atoms with Crippen LogP contribution >= 0.6 is 11.3 Å². The van der Waals surface area contributed by atoms with Gasteiger partial charge in [0.15, 0.2) is 5.13 Å². The predicted octanol–water partition coefficient (Wildman–Crippen LogP) is 7.28. The molecule has 2 heterocycles. The molecule has 10 nitrogen and oxygen atoms in total. The Balaban J connectivity index is 1.06. The van der Waals surface area contributed by atoms with Crippen LogP contribution in [-0.2, 0) is 11.3 Å². The van der Waals surface area contributed by atoms with Crippen molar-refractivity contribution in [2.24, 2.45) is 28.5 Å². The van der Waals surface area contributed by atoms with Crippen LogP contribution in [0.25, 0.3) is 21.5 Å². The number of aromatic nitrogens is 2. The van der Waals surface area contributed by atoms with Crippen LogP contribution < -0.4 is 26.4 Å². The van der Waals surface area contributed by atoms with Gasteiger partial charge in [0.1, 0.15) is 34.3 Å². The minimum absolute atomic E-state index is 0.00418. The molecule has 0 radical (unpaired) electrons. The summed E-state index contributed by atoms with van der Waals surface area (Å²) in [4.78, 5) is 4.91. The molecule has 7 rings (SSSR count). The van der Waals surface area contributed by atoms with Gasteiger partial charge < -0.3 is 35.6 Å². The summed E-state index contributed by atoms with van der Waals surface area (Å²) in [6.07, 6.45) is 0.921. The van der Waals surface area contributed by atoms with Crippen molar-refractivity contribution in [3.63, 3.8) is 0 Å². The van der Waals surface area contributed by atoms with Crippen LogP contribution in [0.15, 0.2) is 46.0 Å². The molecule has 2 atom stereocenters. The van der Waals surface area contributed by atoms with Gasteiger partial charge in [-0.05, 0) is 88.5 Å². The van der Waals surface area contributed by atoms with Gasteiger partial charge in [0.25, 0.3) is 0 Å². The van der Waals surface area contributed by atoms with Gasteiger partial charge in [-0.2, -0.15) is 5.10 Å². The first kappa shape index (κ1) is 31.6. The fourth-order valence-electron chi connectivity index (χ4n) is 7.03. The van der Waals surface area contributed by atoms with Crippen molar-refractivity contribution in [1.82, 2.24) is 10.1 Å². The smallest absolute Gasteiger partial charge is 0.489 e. The van der Waals surface area contributed by atoms with E-state index in [9.17, 15) is 13.2 Å². The van der Waals surface area contributed by atoms with E-state index < -0.39 is 6.36 Å². The number of para-hydroxylation sites is 1. The maximum atomic E-state index is 13.2. The first-order valence-electron chi connectivity index (χ1n) is 15.9. The van der Waals surface area contributed by atoms with Gasteiger partial charge in [0, 0.05) is 28.7 Å². The van der Waals surface area contributed by atoms with Crippen LogP contribution in [0.5, 0.6) is 11.5 Å². The summed E-state index contributed by atoms with van der Waals surface area (Å²) < 4.78 is 63.1. The van der Waals surface area contributed by atoms with Crippen molar-refractivity contribution in [2.45, 2.75) is 89.5 Å². The summed E-state index contributed by atoms with van der Waals surface area (Å²) in [6.45, 7) is 4.13. The number of nitrogens with zero attached hydrogens (tertiary/aromatic N) is 3. The highest BCUT2D eigenvalue weighted by Crippen LogP contribution is 2.48. The van der Waals surface area contributed by atoms with Crippen LogP contribution in [0.2, 0.25) is 0 Å². The predicted molar refractivity (Wildman–Crippen MR) is 172 cm³/mol. The molecule has 3 fully saturated rings. The number of rotatable bonds is 11. The summed E-state index contributed by atoms with van der Waals surface area (Å²) in [5.74, 6) is 7.66. The molecule has 3 aliphatic carbocycles. The van der Waals surface area contributed by atoms with Crippen LogP contribution in [0.3, 0.4) is 0 Å². The molecule has 3 aliphatic rings. The van der Waals surface area contributed by atoms with Crippen LogP contribution in [0, 0.1) is 11.8 Å². The number of nitrogens with one attached hydrogen (secondary N) is 1. The van der Waals surface area contributed by atoms with E-state index in [1.165, 1.54) is 12.1 Å². The third kappa shape index (κ3) is 6.71. The van der Waals surface area contributed by atoms with E-state index in [0.717, 1.165) is 53.9 Å². The Morgan fingerprint density at radius 3 is 2.53 bits per heavy atom. The second-order valence-electron chi connectivity index (χ2n) is 12.9. The lowest BCUT2D eigenvalue weighted by Gasteiger charge is -2.35. The molecule has 250 valence electrons. The molecule has 5 N–H and O–H groups in total. The number of nitrogens with two attached hydrogens (primary N) is 2. The molecular formula is C33H37F3N6O4S. The van der Waals surface area contributed by atoms with Crippen molar-refractivity contribution in [1.29, 1.82) is 0 Å². The zero-order valence-electron chi connectivity index (χ0n) is 26.0. The van der Waals surface area contributed by atoms with E-state index >= 15 is 0 Å². The highest BCUT2D eigenvalue weighted by molar-refractivity contribution is 7.22. The molecular weight excluding hydrogens is 633 g/mol. The number of hydrogen-bond acceptors (Lipinski definition) is 10. The molecule has 47 heavy (non-hydrogen) atoms. The minimum atomic E-state index is -4.83. The van der Waals surface area contributed by atoms with E-state index in [4.69, 9.17) is 30.6 Å². The number of benzene rings is 2. The van der Waals surface area contributed by atoms with Gasteiger partial charge in [-0.3, -0.25) is 0 Å². The highest BCUT2D eigenvalue weighted by Gasteiger charge is 2.44. The first-order valence-corrected chi connectivity index (χ1v) is 16.7. The average molecular weight is 671 g/mol. The van der Waals surface area contributed by atoms with Crippen molar-refractivity contribution in [2.75, 3.05) is 5.32 Å². The fourth-order valence-corrected chi connectivity index (χ4v) is 8.00. The number of fused-ring (bicyclic) bond motifs is 3. The Hall–Kier alpha value is -4.04. The fraction of sp³-hybridized carbons (Fsp3) is 0.485. The second-order valence-corrected chi connectivity index (χ2v) is 13.9. The number of amidine groups is 1. The molecule has 2 aromatic carbocycles. The lowest BCUT2D eigenvalue weighted by atomic mass is 9.82. The molecule has 4 aromatic rings. The minimum Gasteiger partial charge on any atom is -0.489 e. The van der Waals surface area contributed by atoms with Gasteiger partial charge in [0.2, 0.25) is 0 Å². The van der Waals surface area contributed by atoms with E-state index in [2.05, 4.69) is 20.3 Å². The Morgan fingerprint density at radius 1 is 1.11 bits per heavy atom. The molecule has 2 bridgehead atoms. The summed E-state index contributed by atoms with van der Waals surface area (Å²) in [5, 5.41) is 12.4. The lowest BCUT2D eigenvalue weighted by molar-refractivity contribution is -0.274. The molecule has 2 unspecified atom stereocenters. The summed E-state index contributed by atoms with van der Waals surface area (Å²) in [6, 6.07) is 10.0. The number of anilines is 1. The van der Waals surface area contributed by atoms with Gasteiger partial charge in [0.05, 0.1) is 23.5 Å². The van der Waals surface area contributed by atoms with Crippen LogP contribution in [0.1, 0.15) is 75.2 Å². The molecule has 0 amide bonds. The number of alkyl halides is 3. The third-order valence-electron chi connectivity index (χ3n) is 9.20. The van der Waals surface area contributed by atoms with Gasteiger partial charge >= 0.3 is 6.36 Å². The Bertz CT molecular complexity index is 1770. The summed E-state index contributed by atoms with van der Waals surface area (Å²) >= 11 is 1.55. The number of halogens is 3. The number of hydrazone groups is 1. The SMILES string of the molecule is CC(C)Oc1cc(C(N)=NN)cc2sc(NC3C4CCC3CC(OCc3c(-c5ccccc5OC(F)(F)F)noc3C3CC3)C4)nc12. The maximum absolute atomic E-state index is 13.2. The van der Waals surface area contributed by atoms with Crippen molar-refractivity contribution in [3.05, 3.63) is 53.3 Å². The van der Waals surface area contributed by atoms with Crippen molar-refractivity contribution >= 4 is 32.5 Å². The number of thiazole rings is 1. The van der Waals surface area contributed by atoms with Crippen molar-refractivity contribution in [3.8, 4) is 22.8 Å². The van der Waals surface area contributed by atoms with E-state index in [-0.39, 0.29) is 47.9 Å². The number of ether oxygens (including phenoxy) is 3. The molecule has 14 heteroatoms. The van der Waals surface area contributed by atoms with Crippen LogP contribution in [-0.4, -0.2) is 40.6 Å². The second kappa shape index (κ2) is 12.5. The number of hydrogen-bond donors (Lipinski definition) is 3. The first-order chi connectivity index (χ1) is 22.6. The van der Waals surface area contributed by atoms with Crippen molar-refractivity contribution < 1.29 is 31.9 Å². The molecule has 0 aliphatic heterocycles. The normalized spacial score (nSPS) is 23.1. The maximum Gasteiger partial charge on any atom is 0.573 e. The molecule has 0 saturated heterocycles. The topological polar surface area (TPSA) is 143 Å². The van der Waals surface area contributed by atoms with E-state index in [1.807, 2.05) is 26.0 Å². The van der Waals surface area contributed by atoms with E-state index in [1.54, 1.807) is 23.5 Å². The zero-order chi connectivity index (χ0) is 32.9. The Kier molecular flexibility index (Phi) is 8.41. The molecule has 0 spiro atoms. The Labute approximate surface area is 273 Å². The zero-order valence-corrected chi connectivity index (χ0v) is 26.9. The van der Waals surface area contributed by atoms with Gasteiger partial charge in [-0.15, -0.1) is 13.2 Å². The molecule has 2 aromatic heterocycles. The quantitative estimate of drug-likeness (QED) is 0.0649. The largest absolute Gasteiger partial charge is 0.573 e. The van der Waals surface area contributed by atoms with Gasteiger partial charge in [-0.25, -0.2) is 4.98 Å². The highest BCUT2D eigenvalue weighted by atomic mass is 32.1. The third-order valence-corrected chi connectivity index (χ3v) is 10.1. The average Bonchev–Trinajstić information content (AvgIpc) is 3.58. The summed E-state index contributed by atoms with van der Waals surface area (Å²) in [7, 11) is 0. The van der Waals surface area contributed by atoms with Crippen LogP contribution in [0.4, 0.5) is 18.3 Å². The standard InChI is InChI=1S/C33H37F3N6O4S/c1-16(2)44-25-13-20(31(37)41-38)14-26-29(25)40-32(47-26)39-27-18-9-10-19(27)12-21(11-18)43-15-23-28(42-46-30(23)17-7-8-17)22-5-3-4-6-24(22)45-33(34,35)36/h3-6,13-14,16-19,21,27H,7-12,15,38H2,1-2H3,(H2,37,41)(H,39,40). The molecule has 3 saturated carbocycles. The summed E-state index contributed by atoms with van der Waals surface area (Å²) in [5.41, 5.74) is 8.73. The lowest BCUT2D eigenvalue weighted by Crippen LogP contribution is -2.39. The van der Waals surface area contributed by atoms with E-state index in [0.29, 0.717) is 40.2 Å².